The summed E-state index contributed by atoms with van der Waals surface area (Å²) in [4.78, 5) is 2.17. The Morgan fingerprint density at radius 3 is 2.38 bits per heavy atom. The molecule has 0 aliphatic carbocycles. The molecule has 98 valence electrons. The van der Waals surface area contributed by atoms with E-state index in [0.29, 0.717) is 5.92 Å². The van der Waals surface area contributed by atoms with Crippen LogP contribution in [0.1, 0.15) is 20.3 Å². The van der Waals surface area contributed by atoms with Crippen LogP contribution in [-0.4, -0.2) is 58.6 Å². The molecule has 0 amide bonds. The third-order valence-electron chi connectivity index (χ3n) is 2.28. The number of sulfone groups is 1. The molecule has 0 saturated heterocycles. The van der Waals surface area contributed by atoms with Crippen LogP contribution in [0.4, 0.5) is 0 Å². The monoisotopic (exact) mass is 250 g/mol. The minimum atomic E-state index is -2.80. The van der Waals surface area contributed by atoms with Crippen molar-refractivity contribution in [3.8, 4) is 0 Å². The zero-order valence-electron chi connectivity index (χ0n) is 11.0. The predicted octanol–water partition coefficient (Wildman–Crippen LogP) is 0.599. The van der Waals surface area contributed by atoms with Crippen LogP contribution >= 0.6 is 0 Å². The molecule has 0 aliphatic rings. The van der Waals surface area contributed by atoms with Crippen molar-refractivity contribution in [3.63, 3.8) is 0 Å². The van der Waals surface area contributed by atoms with Crippen molar-refractivity contribution >= 4 is 9.84 Å². The fraction of sp³-hybridized carbons (Fsp3) is 1.00. The van der Waals surface area contributed by atoms with Gasteiger partial charge in [-0.25, -0.2) is 8.42 Å². The van der Waals surface area contributed by atoms with E-state index in [4.69, 9.17) is 0 Å². The van der Waals surface area contributed by atoms with E-state index in [1.807, 2.05) is 7.05 Å². The molecule has 0 aromatic rings. The third-order valence-corrected chi connectivity index (χ3v) is 3.31. The molecule has 4 nitrogen and oxygen atoms in total. The van der Waals surface area contributed by atoms with E-state index < -0.39 is 9.84 Å². The van der Waals surface area contributed by atoms with E-state index in [9.17, 15) is 8.42 Å². The number of hydrogen-bond donors (Lipinski definition) is 1. The quantitative estimate of drug-likeness (QED) is 0.609. The molecule has 0 aromatic heterocycles. The van der Waals surface area contributed by atoms with Gasteiger partial charge in [0.15, 0.2) is 0 Å². The first kappa shape index (κ1) is 15.9. The number of nitrogens with one attached hydrogen (secondary N) is 1. The molecule has 0 unspecified atom stereocenters. The summed E-state index contributed by atoms with van der Waals surface area (Å²) in [6.07, 6.45) is 2.01. The van der Waals surface area contributed by atoms with Gasteiger partial charge in [-0.2, -0.15) is 0 Å². The van der Waals surface area contributed by atoms with E-state index in [-0.39, 0.29) is 5.75 Å². The lowest BCUT2D eigenvalue weighted by Gasteiger charge is -2.17. The first-order chi connectivity index (χ1) is 7.31. The summed E-state index contributed by atoms with van der Waals surface area (Å²) in [6, 6.07) is 0. The summed E-state index contributed by atoms with van der Waals surface area (Å²) in [5, 5.41) is 3.36. The van der Waals surface area contributed by atoms with Gasteiger partial charge in [-0.1, -0.05) is 13.8 Å². The molecule has 0 bridgehead atoms. The highest BCUT2D eigenvalue weighted by molar-refractivity contribution is 7.90. The van der Waals surface area contributed by atoms with Gasteiger partial charge in [-0.05, 0) is 32.5 Å². The van der Waals surface area contributed by atoms with Gasteiger partial charge in [-0.3, -0.25) is 0 Å². The number of likely N-dealkylation sites (N-methyl/N-ethyl adjacent to an activating group) is 1. The average molecular weight is 250 g/mol. The van der Waals surface area contributed by atoms with Gasteiger partial charge in [0.25, 0.3) is 0 Å². The van der Waals surface area contributed by atoms with Gasteiger partial charge in [0.05, 0.1) is 5.75 Å². The Labute approximate surface area is 100 Å². The van der Waals surface area contributed by atoms with Crippen LogP contribution in [0.3, 0.4) is 0 Å². The highest BCUT2D eigenvalue weighted by Crippen LogP contribution is 1.92. The van der Waals surface area contributed by atoms with Gasteiger partial charge < -0.3 is 10.2 Å². The lowest BCUT2D eigenvalue weighted by atomic mass is 10.2. The van der Waals surface area contributed by atoms with Gasteiger partial charge in [0.2, 0.25) is 0 Å². The lowest BCUT2D eigenvalue weighted by Crippen LogP contribution is -2.32. The molecule has 0 heterocycles. The Balaban J connectivity index is 3.41. The first-order valence-corrected chi connectivity index (χ1v) is 7.94. The standard InChI is InChI=1S/C11H26N2O2S/c1-11(2)10-12-6-8-13(3)7-5-9-16(4,14)15/h11-12H,5-10H2,1-4H3. The Kier molecular flexibility index (Phi) is 7.97. The van der Waals surface area contributed by atoms with Gasteiger partial charge in [0.1, 0.15) is 9.84 Å². The van der Waals surface area contributed by atoms with Crippen LogP contribution in [0.15, 0.2) is 0 Å². The van der Waals surface area contributed by atoms with E-state index in [2.05, 4.69) is 24.1 Å². The second kappa shape index (κ2) is 8.03. The van der Waals surface area contributed by atoms with Gasteiger partial charge >= 0.3 is 0 Å². The Morgan fingerprint density at radius 2 is 1.88 bits per heavy atom. The zero-order valence-corrected chi connectivity index (χ0v) is 11.8. The first-order valence-electron chi connectivity index (χ1n) is 5.88. The van der Waals surface area contributed by atoms with Crippen molar-refractivity contribution in [1.29, 1.82) is 0 Å². The molecular weight excluding hydrogens is 224 g/mol. The summed E-state index contributed by atoms with van der Waals surface area (Å²) in [5.41, 5.74) is 0. The third kappa shape index (κ3) is 11.9. The summed E-state index contributed by atoms with van der Waals surface area (Å²) in [5.74, 6) is 0.965. The van der Waals surface area contributed by atoms with E-state index >= 15 is 0 Å². The SMILES string of the molecule is CC(C)CNCCN(C)CCCS(C)(=O)=O. The Morgan fingerprint density at radius 1 is 1.25 bits per heavy atom. The molecule has 5 heteroatoms. The molecular formula is C11H26N2O2S. The molecule has 0 aromatic carbocycles. The fourth-order valence-electron chi connectivity index (χ4n) is 1.37. The maximum absolute atomic E-state index is 10.9. The normalized spacial score (nSPS) is 12.6. The van der Waals surface area contributed by atoms with Crippen molar-refractivity contribution < 1.29 is 8.42 Å². The number of rotatable bonds is 9. The van der Waals surface area contributed by atoms with E-state index in [0.717, 1.165) is 32.6 Å². The molecule has 0 atom stereocenters. The van der Waals surface area contributed by atoms with Crippen molar-refractivity contribution in [2.24, 2.45) is 5.92 Å². The second-order valence-corrected chi connectivity index (χ2v) is 7.14. The summed E-state index contributed by atoms with van der Waals surface area (Å²) < 4.78 is 21.8. The molecule has 0 saturated carbocycles. The van der Waals surface area contributed by atoms with Crippen molar-refractivity contribution in [2.45, 2.75) is 20.3 Å². The topological polar surface area (TPSA) is 49.4 Å². The molecule has 1 N–H and O–H groups in total. The summed E-state index contributed by atoms with van der Waals surface area (Å²) in [6.45, 7) is 8.18. The minimum absolute atomic E-state index is 0.288. The van der Waals surface area contributed by atoms with E-state index in [1.165, 1.54) is 6.26 Å². The highest BCUT2D eigenvalue weighted by atomic mass is 32.2. The molecule has 16 heavy (non-hydrogen) atoms. The number of nitrogens with zero attached hydrogens (tertiary/aromatic N) is 1. The van der Waals surface area contributed by atoms with Crippen molar-refractivity contribution in [3.05, 3.63) is 0 Å². The Hall–Kier alpha value is -0.130. The molecule has 0 aliphatic heterocycles. The van der Waals surface area contributed by atoms with Crippen LogP contribution < -0.4 is 5.32 Å². The molecule has 0 spiro atoms. The smallest absolute Gasteiger partial charge is 0.147 e. The lowest BCUT2D eigenvalue weighted by molar-refractivity contribution is 0.329. The zero-order chi connectivity index (χ0) is 12.6. The summed E-state index contributed by atoms with van der Waals surface area (Å²) >= 11 is 0. The largest absolute Gasteiger partial charge is 0.315 e. The second-order valence-electron chi connectivity index (χ2n) is 4.88. The predicted molar refractivity (Wildman–Crippen MR) is 69.5 cm³/mol. The summed E-state index contributed by atoms with van der Waals surface area (Å²) in [7, 11) is -0.771. The van der Waals surface area contributed by atoms with Gasteiger partial charge in [-0.15, -0.1) is 0 Å². The highest BCUT2D eigenvalue weighted by Gasteiger charge is 2.03. The van der Waals surface area contributed by atoms with Crippen LogP contribution in [0.5, 0.6) is 0 Å². The molecule has 0 fully saturated rings. The maximum Gasteiger partial charge on any atom is 0.147 e. The number of hydrogen-bond acceptors (Lipinski definition) is 4. The fourth-order valence-corrected chi connectivity index (χ4v) is 2.02. The van der Waals surface area contributed by atoms with E-state index in [1.54, 1.807) is 0 Å². The van der Waals surface area contributed by atoms with Crippen molar-refractivity contribution in [1.82, 2.24) is 10.2 Å². The van der Waals surface area contributed by atoms with Crippen LogP contribution in [-0.2, 0) is 9.84 Å². The van der Waals surface area contributed by atoms with Gasteiger partial charge in [0, 0.05) is 19.3 Å². The van der Waals surface area contributed by atoms with Crippen molar-refractivity contribution in [2.75, 3.05) is 45.2 Å². The maximum atomic E-state index is 10.9. The van der Waals surface area contributed by atoms with Crippen LogP contribution in [0.25, 0.3) is 0 Å². The van der Waals surface area contributed by atoms with Crippen LogP contribution in [0, 0.1) is 5.92 Å². The molecule has 0 rings (SSSR count). The average Bonchev–Trinajstić information content (AvgIpc) is 2.10. The minimum Gasteiger partial charge on any atom is -0.315 e. The Bertz CT molecular complexity index is 263. The van der Waals surface area contributed by atoms with Crippen LogP contribution in [0.2, 0.25) is 0 Å². The molecule has 0 radical (unpaired) electrons.